The standard InChI is InChI=1S/C22H23FN4O/c1-2-25-12-14-26(15-13-25)22(28)20-16-27(19-6-4-3-5-7-19)24-21(20)17-8-10-18(23)11-9-17/h3-11,16H,2,12-15H2,1H3. The highest BCUT2D eigenvalue weighted by atomic mass is 19.1. The molecular formula is C22H23FN4O. The van der Waals surface area contributed by atoms with Gasteiger partial charge < -0.3 is 9.80 Å². The molecule has 0 N–H and O–H groups in total. The second kappa shape index (κ2) is 7.94. The number of hydrogen-bond acceptors (Lipinski definition) is 3. The van der Waals surface area contributed by atoms with Gasteiger partial charge in [0.1, 0.15) is 11.5 Å². The highest BCUT2D eigenvalue weighted by Crippen LogP contribution is 2.25. The lowest BCUT2D eigenvalue weighted by Gasteiger charge is -2.34. The lowest BCUT2D eigenvalue weighted by Crippen LogP contribution is -2.48. The maximum Gasteiger partial charge on any atom is 0.257 e. The van der Waals surface area contributed by atoms with Crippen LogP contribution in [0.5, 0.6) is 0 Å². The minimum Gasteiger partial charge on any atom is -0.336 e. The third-order valence-corrected chi connectivity index (χ3v) is 5.19. The van der Waals surface area contributed by atoms with Gasteiger partial charge in [-0.1, -0.05) is 25.1 Å². The molecule has 4 rings (SSSR count). The van der Waals surface area contributed by atoms with Crippen molar-refractivity contribution in [1.82, 2.24) is 19.6 Å². The summed E-state index contributed by atoms with van der Waals surface area (Å²) in [5.41, 5.74) is 2.72. The van der Waals surface area contributed by atoms with Crippen LogP contribution >= 0.6 is 0 Å². The number of amides is 1. The molecule has 2 heterocycles. The number of hydrogen-bond donors (Lipinski definition) is 0. The number of para-hydroxylation sites is 1. The summed E-state index contributed by atoms with van der Waals surface area (Å²) in [6.45, 7) is 6.28. The summed E-state index contributed by atoms with van der Waals surface area (Å²) < 4.78 is 15.1. The molecule has 0 saturated carbocycles. The fourth-order valence-corrected chi connectivity index (χ4v) is 3.50. The summed E-state index contributed by atoms with van der Waals surface area (Å²) in [6, 6.07) is 15.8. The molecule has 1 fully saturated rings. The number of nitrogens with zero attached hydrogens (tertiary/aromatic N) is 4. The molecule has 1 aliphatic rings. The highest BCUT2D eigenvalue weighted by molar-refractivity contribution is 6.00. The van der Waals surface area contributed by atoms with E-state index in [-0.39, 0.29) is 11.7 Å². The number of rotatable bonds is 4. The molecule has 0 bridgehead atoms. The van der Waals surface area contributed by atoms with Crippen molar-refractivity contribution < 1.29 is 9.18 Å². The third kappa shape index (κ3) is 3.68. The first-order valence-corrected chi connectivity index (χ1v) is 9.58. The second-order valence-corrected chi connectivity index (χ2v) is 6.90. The predicted octanol–water partition coefficient (Wildman–Crippen LogP) is 3.46. The maximum atomic E-state index is 13.4. The van der Waals surface area contributed by atoms with Gasteiger partial charge in [-0.3, -0.25) is 4.79 Å². The van der Waals surface area contributed by atoms with Gasteiger partial charge >= 0.3 is 0 Å². The fourth-order valence-electron chi connectivity index (χ4n) is 3.50. The van der Waals surface area contributed by atoms with Crippen LogP contribution in [0.2, 0.25) is 0 Å². The smallest absolute Gasteiger partial charge is 0.257 e. The number of piperazine rings is 1. The van der Waals surface area contributed by atoms with E-state index < -0.39 is 0 Å². The van der Waals surface area contributed by atoms with Crippen molar-refractivity contribution >= 4 is 5.91 Å². The van der Waals surface area contributed by atoms with E-state index in [0.717, 1.165) is 30.9 Å². The molecule has 1 aliphatic heterocycles. The summed E-state index contributed by atoms with van der Waals surface area (Å²) in [4.78, 5) is 17.5. The second-order valence-electron chi connectivity index (χ2n) is 6.90. The average molecular weight is 378 g/mol. The molecule has 3 aromatic rings. The van der Waals surface area contributed by atoms with Crippen LogP contribution in [0, 0.1) is 5.82 Å². The number of carbonyl (C=O) groups excluding carboxylic acids is 1. The highest BCUT2D eigenvalue weighted by Gasteiger charge is 2.26. The van der Waals surface area contributed by atoms with Gasteiger partial charge in [-0.25, -0.2) is 9.07 Å². The molecule has 1 amide bonds. The Kier molecular flexibility index (Phi) is 5.21. The van der Waals surface area contributed by atoms with Gasteiger partial charge in [-0.05, 0) is 42.9 Å². The Morgan fingerprint density at radius 3 is 2.32 bits per heavy atom. The summed E-state index contributed by atoms with van der Waals surface area (Å²) in [7, 11) is 0. The molecule has 0 spiro atoms. The SMILES string of the molecule is CCN1CCN(C(=O)c2cn(-c3ccccc3)nc2-c2ccc(F)cc2)CC1. The van der Waals surface area contributed by atoms with Crippen molar-refractivity contribution in [1.29, 1.82) is 0 Å². The van der Waals surface area contributed by atoms with Gasteiger partial charge in [0.2, 0.25) is 0 Å². The van der Waals surface area contributed by atoms with Crippen LogP contribution < -0.4 is 0 Å². The van der Waals surface area contributed by atoms with Crippen LogP contribution in [0.15, 0.2) is 60.8 Å². The van der Waals surface area contributed by atoms with E-state index in [9.17, 15) is 9.18 Å². The molecule has 28 heavy (non-hydrogen) atoms. The minimum absolute atomic E-state index is 0.0303. The monoisotopic (exact) mass is 378 g/mol. The van der Waals surface area contributed by atoms with Gasteiger partial charge in [0, 0.05) is 37.9 Å². The molecule has 0 atom stereocenters. The van der Waals surface area contributed by atoms with E-state index in [1.807, 2.05) is 35.2 Å². The van der Waals surface area contributed by atoms with Crippen LogP contribution in [0.25, 0.3) is 16.9 Å². The van der Waals surface area contributed by atoms with Crippen molar-refractivity contribution in [2.24, 2.45) is 0 Å². The number of halogens is 1. The van der Waals surface area contributed by atoms with Crippen molar-refractivity contribution in [3.63, 3.8) is 0 Å². The normalized spacial score (nSPS) is 15.0. The number of aromatic nitrogens is 2. The van der Waals surface area contributed by atoms with Crippen molar-refractivity contribution in [3.8, 4) is 16.9 Å². The molecule has 1 aromatic heterocycles. The van der Waals surface area contributed by atoms with Crippen LogP contribution in [-0.4, -0.2) is 58.2 Å². The van der Waals surface area contributed by atoms with Crippen LogP contribution in [0.1, 0.15) is 17.3 Å². The van der Waals surface area contributed by atoms with E-state index in [1.54, 1.807) is 23.0 Å². The number of likely N-dealkylation sites (N-methyl/N-ethyl adjacent to an activating group) is 1. The van der Waals surface area contributed by atoms with Gasteiger partial charge in [0.25, 0.3) is 5.91 Å². The van der Waals surface area contributed by atoms with E-state index in [2.05, 4.69) is 16.9 Å². The van der Waals surface area contributed by atoms with E-state index in [0.29, 0.717) is 24.3 Å². The Labute approximate surface area is 164 Å². The third-order valence-electron chi connectivity index (χ3n) is 5.19. The lowest BCUT2D eigenvalue weighted by molar-refractivity contribution is 0.0644. The first-order valence-electron chi connectivity index (χ1n) is 9.58. The quantitative estimate of drug-likeness (QED) is 0.698. The zero-order chi connectivity index (χ0) is 19.5. The Hall–Kier alpha value is -2.99. The summed E-state index contributed by atoms with van der Waals surface area (Å²) >= 11 is 0. The lowest BCUT2D eigenvalue weighted by atomic mass is 10.1. The Bertz CT molecular complexity index is 944. The topological polar surface area (TPSA) is 41.4 Å². The van der Waals surface area contributed by atoms with Gasteiger partial charge in [0.05, 0.1) is 11.3 Å². The van der Waals surface area contributed by atoms with Crippen molar-refractivity contribution in [2.75, 3.05) is 32.7 Å². The number of carbonyl (C=O) groups is 1. The number of benzene rings is 2. The molecule has 6 heteroatoms. The van der Waals surface area contributed by atoms with E-state index in [1.165, 1.54) is 12.1 Å². The molecule has 0 aliphatic carbocycles. The summed E-state index contributed by atoms with van der Waals surface area (Å²) in [5, 5.41) is 4.66. The molecule has 1 saturated heterocycles. The molecule has 144 valence electrons. The molecule has 5 nitrogen and oxygen atoms in total. The van der Waals surface area contributed by atoms with Crippen molar-refractivity contribution in [2.45, 2.75) is 6.92 Å². The molecule has 0 radical (unpaired) electrons. The molecule has 0 unspecified atom stereocenters. The van der Waals surface area contributed by atoms with Crippen molar-refractivity contribution in [3.05, 3.63) is 72.2 Å². The first kappa shape index (κ1) is 18.4. The zero-order valence-electron chi connectivity index (χ0n) is 15.9. The van der Waals surface area contributed by atoms with E-state index in [4.69, 9.17) is 0 Å². The Morgan fingerprint density at radius 1 is 1.00 bits per heavy atom. The van der Waals surface area contributed by atoms with Crippen LogP contribution in [0.4, 0.5) is 4.39 Å². The van der Waals surface area contributed by atoms with Gasteiger partial charge in [-0.2, -0.15) is 5.10 Å². The average Bonchev–Trinajstić information content (AvgIpc) is 3.20. The molecule has 2 aromatic carbocycles. The van der Waals surface area contributed by atoms with Gasteiger partial charge in [0.15, 0.2) is 0 Å². The Morgan fingerprint density at radius 2 is 1.68 bits per heavy atom. The zero-order valence-corrected chi connectivity index (χ0v) is 15.9. The first-order chi connectivity index (χ1) is 13.7. The van der Waals surface area contributed by atoms with Gasteiger partial charge in [-0.15, -0.1) is 0 Å². The summed E-state index contributed by atoms with van der Waals surface area (Å²) in [6.07, 6.45) is 1.78. The van der Waals surface area contributed by atoms with Crippen LogP contribution in [0.3, 0.4) is 0 Å². The Balaban J connectivity index is 1.71. The predicted molar refractivity (Wildman–Crippen MR) is 107 cm³/mol. The fraction of sp³-hybridized carbons (Fsp3) is 0.273. The molecular weight excluding hydrogens is 355 g/mol. The van der Waals surface area contributed by atoms with E-state index >= 15 is 0 Å². The summed E-state index contributed by atoms with van der Waals surface area (Å²) in [5.74, 6) is -0.341. The maximum absolute atomic E-state index is 13.4. The minimum atomic E-state index is -0.310. The van der Waals surface area contributed by atoms with Crippen LogP contribution in [-0.2, 0) is 0 Å². The largest absolute Gasteiger partial charge is 0.336 e.